The van der Waals surface area contributed by atoms with E-state index in [4.69, 9.17) is 19.4 Å². The van der Waals surface area contributed by atoms with Gasteiger partial charge in [0.2, 0.25) is 0 Å². The van der Waals surface area contributed by atoms with Gasteiger partial charge in [-0.05, 0) is 51.4 Å². The van der Waals surface area contributed by atoms with E-state index in [2.05, 4.69) is 0 Å². The van der Waals surface area contributed by atoms with E-state index in [9.17, 15) is 19.1 Å². The Morgan fingerprint density at radius 1 is 0.923 bits per heavy atom. The van der Waals surface area contributed by atoms with Gasteiger partial charge in [-0.3, -0.25) is 9.09 Å². The molecule has 8 nitrogen and oxygen atoms in total. The molecule has 26 heavy (non-hydrogen) atoms. The van der Waals surface area contributed by atoms with Crippen molar-refractivity contribution in [2.75, 3.05) is 6.66 Å². The van der Waals surface area contributed by atoms with E-state index < -0.39 is 26.5 Å². The molecule has 0 aliphatic heterocycles. The van der Waals surface area contributed by atoms with Crippen molar-refractivity contribution in [3.8, 4) is 0 Å². The average molecular weight is 413 g/mol. The van der Waals surface area contributed by atoms with Crippen LogP contribution >= 0.6 is 15.3 Å². The van der Waals surface area contributed by atoms with Gasteiger partial charge in [-0.1, -0.05) is 25.7 Å². The first-order valence-electron chi connectivity index (χ1n) is 9.44. The molecule has 0 saturated heterocycles. The minimum atomic E-state index is -3.93. The van der Waals surface area contributed by atoms with Crippen LogP contribution in [0.4, 0.5) is 0 Å². The van der Waals surface area contributed by atoms with Gasteiger partial charge >= 0.3 is 15.3 Å². The summed E-state index contributed by atoms with van der Waals surface area (Å²) in [5, 5.41) is 10.1. The highest BCUT2D eigenvalue weighted by molar-refractivity contribution is 7.52. The van der Waals surface area contributed by atoms with E-state index in [0.29, 0.717) is 19.3 Å². The summed E-state index contributed by atoms with van der Waals surface area (Å²) in [7, 11) is -7.36. The van der Waals surface area contributed by atoms with Crippen LogP contribution in [0.1, 0.15) is 77.0 Å². The molecule has 0 aromatic heterocycles. The number of unbranched alkanes of at least 4 members (excludes halogenated alkanes) is 2. The van der Waals surface area contributed by atoms with Crippen LogP contribution in [-0.2, 0) is 18.2 Å². The second kappa shape index (κ2) is 8.71. The smallest absolute Gasteiger partial charge is 0.393 e. The molecule has 2 rings (SSSR count). The molecule has 2 saturated carbocycles. The highest BCUT2D eigenvalue weighted by atomic mass is 31.2. The minimum Gasteiger partial charge on any atom is -0.393 e. The van der Waals surface area contributed by atoms with Crippen LogP contribution in [-0.4, -0.2) is 38.9 Å². The maximum atomic E-state index is 11.4. The SMILES string of the molecule is CP(=O)(O)OC1(CCCCC(O)CCCCC2(OP(N)(=O)O)CC2)CC1. The fraction of sp³-hybridized carbons (Fsp3) is 1.00. The molecule has 0 bridgehead atoms. The molecule has 5 N–H and O–H groups in total. The normalized spacial score (nSPS) is 25.9. The van der Waals surface area contributed by atoms with Crippen LogP contribution in [0.2, 0.25) is 0 Å². The Labute approximate surface area is 155 Å². The zero-order chi connectivity index (χ0) is 19.5. The minimum absolute atomic E-state index is 0.365. The van der Waals surface area contributed by atoms with E-state index in [0.717, 1.165) is 57.8 Å². The van der Waals surface area contributed by atoms with Crippen LogP contribution in [0.15, 0.2) is 0 Å². The van der Waals surface area contributed by atoms with Crippen molar-refractivity contribution in [2.45, 2.75) is 94.4 Å². The number of rotatable bonds is 14. The van der Waals surface area contributed by atoms with E-state index >= 15 is 0 Å². The Bertz CT molecular complexity index is 503. The lowest BCUT2D eigenvalue weighted by atomic mass is 10.0. The van der Waals surface area contributed by atoms with Crippen LogP contribution < -0.4 is 5.50 Å². The van der Waals surface area contributed by atoms with E-state index in [1.807, 2.05) is 0 Å². The monoisotopic (exact) mass is 413 g/mol. The molecule has 0 aromatic rings. The summed E-state index contributed by atoms with van der Waals surface area (Å²) in [5.41, 5.74) is 4.14. The fourth-order valence-electron chi connectivity index (χ4n) is 3.49. The highest BCUT2D eigenvalue weighted by Crippen LogP contribution is 2.55. The second-order valence-corrected chi connectivity index (χ2v) is 11.2. The topological polar surface area (TPSA) is 139 Å². The lowest BCUT2D eigenvalue weighted by molar-refractivity contribution is 0.124. The Morgan fingerprint density at radius 2 is 1.35 bits per heavy atom. The first kappa shape index (κ1) is 22.5. The fourth-order valence-corrected chi connectivity index (χ4v) is 5.31. The molecule has 10 heteroatoms. The molecule has 0 spiro atoms. The lowest BCUT2D eigenvalue weighted by Crippen LogP contribution is -2.15. The maximum Gasteiger partial charge on any atom is 0.400 e. The van der Waals surface area contributed by atoms with Gasteiger partial charge in [-0.25, -0.2) is 10.1 Å². The second-order valence-electron chi connectivity index (χ2n) is 8.06. The van der Waals surface area contributed by atoms with Gasteiger partial charge in [0.05, 0.1) is 17.3 Å². The standard InChI is InChI=1S/C16H33NO7P2/c1-25(19,20)23-15(10-11-15)8-4-2-6-14(18)7-3-5-9-16(12-13-16)24-26(17,21)22/h14,18H,2-13H2,1H3,(H,19,20)(H3,17,21,22). The summed E-state index contributed by atoms with van der Waals surface area (Å²) in [4.78, 5) is 18.4. The zero-order valence-electron chi connectivity index (χ0n) is 15.5. The van der Waals surface area contributed by atoms with Crippen LogP contribution in [0.3, 0.4) is 0 Å². The number of hydrogen-bond donors (Lipinski definition) is 4. The van der Waals surface area contributed by atoms with Gasteiger partial charge in [-0.15, -0.1) is 0 Å². The third-order valence-electron chi connectivity index (χ3n) is 5.14. The van der Waals surface area contributed by atoms with Crippen molar-refractivity contribution in [3.63, 3.8) is 0 Å². The Balaban J connectivity index is 1.50. The van der Waals surface area contributed by atoms with Crippen molar-refractivity contribution in [2.24, 2.45) is 5.50 Å². The third-order valence-corrected chi connectivity index (χ3v) is 6.52. The van der Waals surface area contributed by atoms with E-state index in [-0.39, 0.29) is 6.10 Å². The number of hydrogen-bond acceptors (Lipinski definition) is 5. The van der Waals surface area contributed by atoms with Crippen molar-refractivity contribution in [1.82, 2.24) is 0 Å². The molecule has 0 radical (unpaired) electrons. The van der Waals surface area contributed by atoms with Gasteiger partial charge < -0.3 is 19.4 Å². The molecule has 3 atom stereocenters. The van der Waals surface area contributed by atoms with E-state index in [1.54, 1.807) is 0 Å². The third kappa shape index (κ3) is 8.94. The first-order chi connectivity index (χ1) is 11.9. The van der Waals surface area contributed by atoms with Crippen molar-refractivity contribution < 1.29 is 33.1 Å². The molecule has 0 heterocycles. The first-order valence-corrected chi connectivity index (χ1v) is 13.1. The summed E-state index contributed by atoms with van der Waals surface area (Å²) in [6.07, 6.45) is 9.08. The van der Waals surface area contributed by atoms with Gasteiger partial charge in [0.25, 0.3) is 0 Å². The predicted octanol–water partition coefficient (Wildman–Crippen LogP) is 3.44. The van der Waals surface area contributed by atoms with Crippen LogP contribution in [0, 0.1) is 0 Å². The molecule has 2 fully saturated rings. The number of nitrogens with two attached hydrogens (primary N) is 1. The summed E-state index contributed by atoms with van der Waals surface area (Å²) >= 11 is 0. The van der Waals surface area contributed by atoms with Crippen molar-refractivity contribution in [3.05, 3.63) is 0 Å². The van der Waals surface area contributed by atoms with Crippen molar-refractivity contribution >= 4 is 15.3 Å². The summed E-state index contributed by atoms with van der Waals surface area (Å²) < 4.78 is 32.9. The molecule has 2 aliphatic carbocycles. The van der Waals surface area contributed by atoms with Gasteiger partial charge in [0.15, 0.2) is 0 Å². The molecule has 3 unspecified atom stereocenters. The lowest BCUT2D eigenvalue weighted by Gasteiger charge is -2.19. The number of aliphatic hydroxyl groups is 1. The number of aliphatic hydroxyl groups excluding tert-OH is 1. The molecular formula is C16H33NO7P2. The van der Waals surface area contributed by atoms with Crippen LogP contribution in [0.5, 0.6) is 0 Å². The predicted molar refractivity (Wildman–Crippen MR) is 98.8 cm³/mol. The van der Waals surface area contributed by atoms with Crippen LogP contribution in [0.25, 0.3) is 0 Å². The Morgan fingerprint density at radius 3 is 1.69 bits per heavy atom. The summed E-state index contributed by atoms with van der Waals surface area (Å²) in [6, 6.07) is 0. The summed E-state index contributed by atoms with van der Waals surface area (Å²) in [5.74, 6) is 0. The van der Waals surface area contributed by atoms with Crippen molar-refractivity contribution in [1.29, 1.82) is 0 Å². The average Bonchev–Trinajstić information content (AvgIpc) is 3.37. The molecular weight excluding hydrogens is 380 g/mol. The van der Waals surface area contributed by atoms with Gasteiger partial charge in [-0.2, -0.15) is 0 Å². The Kier molecular flexibility index (Phi) is 7.54. The molecule has 0 amide bonds. The van der Waals surface area contributed by atoms with Gasteiger partial charge in [0.1, 0.15) is 0 Å². The molecule has 0 aromatic carbocycles. The molecule has 154 valence electrons. The highest BCUT2D eigenvalue weighted by Gasteiger charge is 2.47. The maximum absolute atomic E-state index is 11.4. The largest absolute Gasteiger partial charge is 0.400 e. The molecule has 2 aliphatic rings. The quantitative estimate of drug-likeness (QED) is 0.251. The Hall–Kier alpha value is 0.220. The summed E-state index contributed by atoms with van der Waals surface area (Å²) in [6.45, 7) is 1.22. The van der Waals surface area contributed by atoms with Gasteiger partial charge in [0, 0.05) is 6.66 Å². The van der Waals surface area contributed by atoms with E-state index in [1.165, 1.54) is 6.66 Å². The zero-order valence-corrected chi connectivity index (χ0v) is 17.3.